The van der Waals surface area contributed by atoms with Gasteiger partial charge in [-0.05, 0) is 25.1 Å². The predicted molar refractivity (Wildman–Crippen MR) is 100 cm³/mol. The molecule has 0 fully saturated rings. The average molecular weight is 412 g/mol. The molecule has 1 aromatic rings. The van der Waals surface area contributed by atoms with Crippen LogP contribution in [0.2, 0.25) is 0 Å². The van der Waals surface area contributed by atoms with E-state index in [2.05, 4.69) is 21.2 Å². The Hall–Kier alpha value is -0.430. The fourth-order valence-electron chi connectivity index (χ4n) is 1.52. The van der Waals surface area contributed by atoms with Gasteiger partial charge >= 0.3 is 0 Å². The molecule has 0 spiro atoms. The summed E-state index contributed by atoms with van der Waals surface area (Å²) in [5.41, 5.74) is 5.69. The molecule has 7 heteroatoms. The third-order valence-electron chi connectivity index (χ3n) is 3.04. The summed E-state index contributed by atoms with van der Waals surface area (Å²) in [6, 6.07) is 7.68. The third kappa shape index (κ3) is 8.88. The van der Waals surface area contributed by atoms with Crippen molar-refractivity contribution in [2.75, 3.05) is 24.7 Å². The lowest BCUT2D eigenvalue weighted by atomic mass is 10.0. The number of halogens is 2. The minimum Gasteiger partial charge on any atom is -0.493 e. The molecule has 1 rings (SSSR count). The normalized spacial score (nSPS) is 12.9. The van der Waals surface area contributed by atoms with Crippen LogP contribution in [-0.2, 0) is 4.79 Å². The maximum absolute atomic E-state index is 11.7. The smallest absolute Gasteiger partial charge is 0.224 e. The van der Waals surface area contributed by atoms with Gasteiger partial charge in [0.05, 0.1) is 6.61 Å². The maximum atomic E-state index is 11.7. The molecule has 0 saturated heterocycles. The van der Waals surface area contributed by atoms with Crippen LogP contribution < -0.4 is 15.8 Å². The van der Waals surface area contributed by atoms with Crippen LogP contribution in [0.3, 0.4) is 0 Å². The largest absolute Gasteiger partial charge is 0.493 e. The summed E-state index contributed by atoms with van der Waals surface area (Å²) in [4.78, 5) is 11.7. The van der Waals surface area contributed by atoms with E-state index in [4.69, 9.17) is 10.5 Å². The lowest BCUT2D eigenvalue weighted by Crippen LogP contribution is -2.39. The zero-order chi connectivity index (χ0) is 15.7. The van der Waals surface area contributed by atoms with Crippen molar-refractivity contribution in [3.63, 3.8) is 0 Å². The van der Waals surface area contributed by atoms with E-state index in [1.54, 1.807) is 11.8 Å². The molecule has 0 aliphatic heterocycles. The number of hydrogen-bond acceptors (Lipinski definition) is 4. The van der Waals surface area contributed by atoms with Crippen LogP contribution in [0.1, 0.15) is 13.8 Å². The summed E-state index contributed by atoms with van der Waals surface area (Å²) in [7, 11) is 0. The molecule has 0 heterocycles. The zero-order valence-corrected chi connectivity index (χ0v) is 16.1. The number of ether oxygens (including phenoxy) is 1. The maximum Gasteiger partial charge on any atom is 0.224 e. The molecule has 0 bridgehead atoms. The lowest BCUT2D eigenvalue weighted by molar-refractivity contribution is -0.124. The first-order valence-corrected chi connectivity index (χ1v) is 8.95. The van der Waals surface area contributed by atoms with Gasteiger partial charge < -0.3 is 15.8 Å². The molecule has 2 unspecified atom stereocenters. The monoisotopic (exact) mass is 410 g/mol. The standard InChI is InChI=1S/C15H23BrN2O2S.ClH/c1-11(12(2)17)15(19)18-6-8-21-9-7-20-14-5-3-4-13(16)10-14;/h3-5,10-12H,6-9,17H2,1-2H3,(H,18,19);1H. The molecule has 0 saturated carbocycles. The Balaban J connectivity index is 0.00000441. The van der Waals surface area contributed by atoms with Crippen molar-refractivity contribution in [1.29, 1.82) is 0 Å². The predicted octanol–water partition coefficient (Wildman–Crippen LogP) is 3.08. The molecule has 0 radical (unpaired) electrons. The van der Waals surface area contributed by atoms with Crippen LogP contribution in [0.15, 0.2) is 28.7 Å². The minimum atomic E-state index is -0.144. The van der Waals surface area contributed by atoms with E-state index in [-0.39, 0.29) is 30.3 Å². The summed E-state index contributed by atoms with van der Waals surface area (Å²) >= 11 is 5.16. The van der Waals surface area contributed by atoms with Gasteiger partial charge in [-0.3, -0.25) is 4.79 Å². The summed E-state index contributed by atoms with van der Waals surface area (Å²) < 4.78 is 6.64. The number of nitrogens with one attached hydrogen (secondary N) is 1. The van der Waals surface area contributed by atoms with Crippen LogP contribution in [0.25, 0.3) is 0 Å². The number of carbonyl (C=O) groups excluding carboxylic acids is 1. The van der Waals surface area contributed by atoms with E-state index in [0.717, 1.165) is 21.7 Å². The molecule has 0 aliphatic carbocycles. The highest BCUT2D eigenvalue weighted by molar-refractivity contribution is 9.10. The fourth-order valence-corrected chi connectivity index (χ4v) is 2.55. The van der Waals surface area contributed by atoms with Gasteiger partial charge in [0.15, 0.2) is 0 Å². The van der Waals surface area contributed by atoms with Crippen LogP contribution in [0.5, 0.6) is 5.75 Å². The number of hydrogen-bond donors (Lipinski definition) is 2. The van der Waals surface area contributed by atoms with Crippen molar-refractivity contribution >= 4 is 46.0 Å². The molecule has 4 nitrogen and oxygen atoms in total. The van der Waals surface area contributed by atoms with Gasteiger partial charge in [0, 0.05) is 34.5 Å². The minimum absolute atomic E-state index is 0. The molecule has 3 N–H and O–H groups in total. The molecule has 2 atom stereocenters. The van der Waals surface area contributed by atoms with Crippen LogP contribution in [0.4, 0.5) is 0 Å². The second-order valence-corrected chi connectivity index (χ2v) is 7.00. The first-order valence-electron chi connectivity index (χ1n) is 7.00. The Morgan fingerprint density at radius 2 is 2.14 bits per heavy atom. The van der Waals surface area contributed by atoms with Gasteiger partial charge in [0.1, 0.15) is 5.75 Å². The summed E-state index contributed by atoms with van der Waals surface area (Å²) in [6.45, 7) is 5.01. The molecule has 0 aliphatic rings. The highest BCUT2D eigenvalue weighted by Gasteiger charge is 2.15. The second kappa shape index (κ2) is 12.0. The molecular formula is C15H24BrClN2O2S. The van der Waals surface area contributed by atoms with Crippen molar-refractivity contribution < 1.29 is 9.53 Å². The SMILES string of the molecule is CC(N)C(C)C(=O)NCCSCCOc1cccc(Br)c1.Cl. The van der Waals surface area contributed by atoms with E-state index in [0.29, 0.717) is 13.2 Å². The number of amides is 1. The van der Waals surface area contributed by atoms with Crippen LogP contribution in [-0.4, -0.2) is 36.6 Å². The highest BCUT2D eigenvalue weighted by atomic mass is 79.9. The quantitative estimate of drug-likeness (QED) is 0.613. The van der Waals surface area contributed by atoms with Gasteiger partial charge in [-0.25, -0.2) is 0 Å². The Morgan fingerprint density at radius 3 is 2.77 bits per heavy atom. The summed E-state index contributed by atoms with van der Waals surface area (Å²) in [6.07, 6.45) is 0. The van der Waals surface area contributed by atoms with Crippen molar-refractivity contribution in [1.82, 2.24) is 5.32 Å². The summed E-state index contributed by atoms with van der Waals surface area (Å²) in [5, 5.41) is 2.89. The Morgan fingerprint density at radius 1 is 1.41 bits per heavy atom. The Bertz CT molecular complexity index is 449. The van der Waals surface area contributed by atoms with Gasteiger partial charge in [-0.1, -0.05) is 28.9 Å². The molecule has 0 aromatic heterocycles. The molecular weight excluding hydrogens is 388 g/mol. The molecule has 1 aromatic carbocycles. The lowest BCUT2D eigenvalue weighted by Gasteiger charge is -2.15. The van der Waals surface area contributed by atoms with Gasteiger partial charge in [-0.2, -0.15) is 11.8 Å². The van der Waals surface area contributed by atoms with E-state index in [1.165, 1.54) is 0 Å². The van der Waals surface area contributed by atoms with Gasteiger partial charge in [-0.15, -0.1) is 12.4 Å². The molecule has 22 heavy (non-hydrogen) atoms. The van der Waals surface area contributed by atoms with E-state index < -0.39 is 0 Å². The van der Waals surface area contributed by atoms with E-state index in [9.17, 15) is 4.79 Å². The van der Waals surface area contributed by atoms with E-state index >= 15 is 0 Å². The number of thioether (sulfide) groups is 1. The van der Waals surface area contributed by atoms with Crippen molar-refractivity contribution in [2.45, 2.75) is 19.9 Å². The van der Waals surface area contributed by atoms with Crippen molar-refractivity contribution in [3.05, 3.63) is 28.7 Å². The average Bonchev–Trinajstić information content (AvgIpc) is 2.45. The van der Waals surface area contributed by atoms with Crippen LogP contribution >= 0.6 is 40.1 Å². The molecule has 126 valence electrons. The van der Waals surface area contributed by atoms with Crippen molar-refractivity contribution in [3.8, 4) is 5.75 Å². The topological polar surface area (TPSA) is 64.4 Å². The Labute approximate surface area is 151 Å². The first kappa shape index (κ1) is 21.6. The number of nitrogens with two attached hydrogens (primary N) is 1. The third-order valence-corrected chi connectivity index (χ3v) is 4.48. The number of carbonyl (C=O) groups is 1. The van der Waals surface area contributed by atoms with Gasteiger partial charge in [0.2, 0.25) is 5.91 Å². The molecule has 1 amide bonds. The number of benzene rings is 1. The fraction of sp³-hybridized carbons (Fsp3) is 0.533. The van der Waals surface area contributed by atoms with Gasteiger partial charge in [0.25, 0.3) is 0 Å². The number of rotatable bonds is 9. The van der Waals surface area contributed by atoms with E-state index in [1.807, 2.05) is 38.1 Å². The van der Waals surface area contributed by atoms with Crippen LogP contribution in [0, 0.1) is 5.92 Å². The van der Waals surface area contributed by atoms with Crippen molar-refractivity contribution in [2.24, 2.45) is 11.7 Å². The highest BCUT2D eigenvalue weighted by Crippen LogP contribution is 2.17. The zero-order valence-electron chi connectivity index (χ0n) is 12.9. The Kier molecular flexibility index (Phi) is 11.8. The first-order chi connectivity index (χ1) is 10.0. The summed E-state index contributed by atoms with van der Waals surface area (Å²) in [5.74, 6) is 2.51. The second-order valence-electron chi connectivity index (χ2n) is 4.86.